The molecule has 0 aromatic rings. The molecule has 52 heavy (non-hydrogen) atoms. The van der Waals surface area contributed by atoms with Gasteiger partial charge in [-0.05, 0) is 83.5 Å². The number of amides is 2. The smallest absolute Gasteiger partial charge is 0.328 e. The Balaban J connectivity index is 4.21. The Kier molecular flexibility index (Phi) is 34.8. The van der Waals surface area contributed by atoms with Gasteiger partial charge in [0.2, 0.25) is 11.8 Å². The standard InChI is InChI=1S/C43H72N2O7/c1-3-5-7-9-11-12-13-14-15-16-17-18-19-20-21-22-23-25-31-35-42(49)52-38(32-28-24-10-8-6-4-2)33-29-26-27-30-34-40(47)44-36-41(48)45-39(37-46)43(50)51/h5,7,11-12,14-15,17-18,20-21,38-39,46H,3-4,6,8-10,13,16,19,22-37H2,1-2H3,(H,44,47)(H,45,48)(H,50,51)/b7-5-,12-11-,15-14-,18-17-,21-20-. The summed E-state index contributed by atoms with van der Waals surface area (Å²) in [6.07, 6.45) is 44.0. The van der Waals surface area contributed by atoms with Crippen molar-refractivity contribution < 1.29 is 34.1 Å². The summed E-state index contributed by atoms with van der Waals surface area (Å²) in [5.41, 5.74) is 0. The molecule has 9 heteroatoms. The lowest BCUT2D eigenvalue weighted by molar-refractivity contribution is -0.150. The summed E-state index contributed by atoms with van der Waals surface area (Å²) in [7, 11) is 0. The van der Waals surface area contributed by atoms with Gasteiger partial charge in [0.1, 0.15) is 12.1 Å². The van der Waals surface area contributed by atoms with Crippen molar-refractivity contribution in [1.29, 1.82) is 0 Å². The normalized spacial score (nSPS) is 13.1. The number of ether oxygens (including phenoxy) is 1. The molecule has 0 saturated heterocycles. The van der Waals surface area contributed by atoms with E-state index in [0.717, 1.165) is 103 Å². The van der Waals surface area contributed by atoms with Crippen LogP contribution in [-0.4, -0.2) is 59.3 Å². The molecule has 0 saturated carbocycles. The number of hydrogen-bond acceptors (Lipinski definition) is 6. The fourth-order valence-corrected chi connectivity index (χ4v) is 5.45. The Labute approximate surface area is 315 Å². The second kappa shape index (κ2) is 37.3. The first-order valence-corrected chi connectivity index (χ1v) is 20.2. The number of nitrogens with one attached hydrogen (secondary N) is 2. The van der Waals surface area contributed by atoms with Gasteiger partial charge in [0.25, 0.3) is 0 Å². The molecule has 0 aromatic carbocycles. The van der Waals surface area contributed by atoms with Gasteiger partial charge in [-0.3, -0.25) is 14.4 Å². The third-order valence-electron chi connectivity index (χ3n) is 8.53. The van der Waals surface area contributed by atoms with E-state index in [-0.39, 0.29) is 30.9 Å². The SMILES string of the molecule is CC/C=C\C/C=C\C/C=C\C/C=C\C/C=C\CCCCCC(=O)OC(CCCCCCCC)CCCCCCC(=O)NCC(=O)NC(CO)C(=O)O. The first kappa shape index (κ1) is 48.5. The second-order valence-electron chi connectivity index (χ2n) is 13.3. The summed E-state index contributed by atoms with van der Waals surface area (Å²) in [6.45, 7) is 3.30. The zero-order chi connectivity index (χ0) is 38.3. The Bertz CT molecular complexity index is 1060. The summed E-state index contributed by atoms with van der Waals surface area (Å²) >= 11 is 0. The maximum absolute atomic E-state index is 12.7. The molecule has 0 fully saturated rings. The van der Waals surface area contributed by atoms with Crippen LogP contribution in [0, 0.1) is 0 Å². The van der Waals surface area contributed by atoms with Crippen molar-refractivity contribution in [3.63, 3.8) is 0 Å². The van der Waals surface area contributed by atoms with Gasteiger partial charge in [-0.1, -0.05) is 126 Å². The molecule has 9 nitrogen and oxygen atoms in total. The number of aliphatic carboxylic acids is 1. The van der Waals surface area contributed by atoms with Gasteiger partial charge in [0.05, 0.1) is 13.2 Å². The number of rotatable bonds is 35. The molecular weight excluding hydrogens is 656 g/mol. The molecular formula is C43H72N2O7. The van der Waals surface area contributed by atoms with Gasteiger partial charge in [0.15, 0.2) is 0 Å². The summed E-state index contributed by atoms with van der Waals surface area (Å²) in [5, 5.41) is 22.5. The van der Waals surface area contributed by atoms with Crippen LogP contribution in [0.4, 0.5) is 0 Å². The van der Waals surface area contributed by atoms with Crippen LogP contribution in [0.2, 0.25) is 0 Å². The van der Waals surface area contributed by atoms with Gasteiger partial charge in [0, 0.05) is 12.8 Å². The molecule has 0 aliphatic heterocycles. The van der Waals surface area contributed by atoms with Gasteiger partial charge >= 0.3 is 11.9 Å². The fourth-order valence-electron chi connectivity index (χ4n) is 5.45. The largest absolute Gasteiger partial charge is 0.480 e. The lowest BCUT2D eigenvalue weighted by Gasteiger charge is -2.18. The molecule has 2 amide bonds. The van der Waals surface area contributed by atoms with Gasteiger partial charge in [-0.25, -0.2) is 4.79 Å². The lowest BCUT2D eigenvalue weighted by Crippen LogP contribution is -2.47. The molecule has 0 bridgehead atoms. The minimum atomic E-state index is -1.39. The number of esters is 1. The number of allylic oxidation sites excluding steroid dienone is 10. The minimum absolute atomic E-state index is 0.0599. The zero-order valence-corrected chi connectivity index (χ0v) is 32.5. The Morgan fingerprint density at radius 3 is 1.65 bits per heavy atom. The van der Waals surface area contributed by atoms with Crippen molar-refractivity contribution in [2.75, 3.05) is 13.2 Å². The number of carbonyl (C=O) groups excluding carboxylic acids is 3. The average Bonchev–Trinajstić information content (AvgIpc) is 3.13. The lowest BCUT2D eigenvalue weighted by atomic mass is 10.0. The van der Waals surface area contributed by atoms with Crippen LogP contribution < -0.4 is 10.6 Å². The predicted molar refractivity (Wildman–Crippen MR) is 213 cm³/mol. The maximum atomic E-state index is 12.7. The van der Waals surface area contributed by atoms with Gasteiger partial charge < -0.3 is 25.6 Å². The third kappa shape index (κ3) is 33.7. The van der Waals surface area contributed by atoms with Crippen molar-refractivity contribution in [1.82, 2.24) is 10.6 Å². The number of hydrogen-bond donors (Lipinski definition) is 4. The maximum Gasteiger partial charge on any atom is 0.328 e. The van der Waals surface area contributed by atoms with Crippen molar-refractivity contribution in [2.45, 2.75) is 174 Å². The highest BCUT2D eigenvalue weighted by atomic mass is 16.5. The van der Waals surface area contributed by atoms with E-state index < -0.39 is 24.5 Å². The number of unbranched alkanes of at least 4 members (excludes halogenated alkanes) is 11. The van der Waals surface area contributed by atoms with Crippen molar-refractivity contribution >= 4 is 23.8 Å². The number of carbonyl (C=O) groups is 4. The number of carboxylic acid groups (broad SMARTS) is 1. The monoisotopic (exact) mass is 729 g/mol. The van der Waals surface area contributed by atoms with Crippen molar-refractivity contribution in [3.8, 4) is 0 Å². The predicted octanol–water partition coefficient (Wildman–Crippen LogP) is 9.37. The van der Waals surface area contributed by atoms with E-state index in [9.17, 15) is 19.2 Å². The molecule has 0 aliphatic rings. The molecule has 0 heterocycles. The van der Waals surface area contributed by atoms with Crippen LogP contribution in [0.25, 0.3) is 0 Å². The molecule has 2 unspecified atom stereocenters. The first-order valence-electron chi connectivity index (χ1n) is 20.2. The van der Waals surface area contributed by atoms with Crippen LogP contribution in [0.5, 0.6) is 0 Å². The fraction of sp³-hybridized carbons (Fsp3) is 0.674. The molecule has 2 atom stereocenters. The van der Waals surface area contributed by atoms with E-state index in [1.807, 2.05) is 0 Å². The van der Waals surface area contributed by atoms with Crippen LogP contribution in [0.15, 0.2) is 60.8 Å². The molecule has 0 aliphatic carbocycles. The molecule has 296 valence electrons. The number of carboxylic acids is 1. The van der Waals surface area contributed by atoms with Crippen molar-refractivity contribution in [2.24, 2.45) is 0 Å². The summed E-state index contributed by atoms with van der Waals surface area (Å²) in [6, 6.07) is -1.39. The average molecular weight is 729 g/mol. The van der Waals surface area contributed by atoms with E-state index in [4.69, 9.17) is 14.9 Å². The summed E-state index contributed by atoms with van der Waals surface area (Å²) < 4.78 is 5.94. The molecule has 0 radical (unpaired) electrons. The highest BCUT2D eigenvalue weighted by Crippen LogP contribution is 2.18. The minimum Gasteiger partial charge on any atom is -0.480 e. The third-order valence-corrected chi connectivity index (χ3v) is 8.53. The number of aliphatic hydroxyl groups excluding tert-OH is 1. The molecule has 0 rings (SSSR count). The molecule has 0 aromatic heterocycles. The van der Waals surface area contributed by atoms with E-state index in [1.165, 1.54) is 25.7 Å². The zero-order valence-electron chi connectivity index (χ0n) is 32.5. The van der Waals surface area contributed by atoms with E-state index >= 15 is 0 Å². The Hall–Kier alpha value is -3.46. The molecule has 4 N–H and O–H groups in total. The van der Waals surface area contributed by atoms with Crippen LogP contribution >= 0.6 is 0 Å². The quantitative estimate of drug-likeness (QED) is 0.0289. The first-order chi connectivity index (χ1) is 25.3. The number of aliphatic hydroxyl groups is 1. The van der Waals surface area contributed by atoms with Crippen LogP contribution in [0.3, 0.4) is 0 Å². The summed E-state index contributed by atoms with van der Waals surface area (Å²) in [4.78, 5) is 47.4. The van der Waals surface area contributed by atoms with Crippen LogP contribution in [0.1, 0.15) is 162 Å². The van der Waals surface area contributed by atoms with Gasteiger partial charge in [-0.2, -0.15) is 0 Å². The van der Waals surface area contributed by atoms with E-state index in [0.29, 0.717) is 12.8 Å². The topological polar surface area (TPSA) is 142 Å². The summed E-state index contributed by atoms with van der Waals surface area (Å²) in [5.74, 6) is -2.38. The van der Waals surface area contributed by atoms with Crippen LogP contribution in [-0.2, 0) is 23.9 Å². The molecule has 0 spiro atoms. The van der Waals surface area contributed by atoms with E-state index in [1.54, 1.807) is 0 Å². The van der Waals surface area contributed by atoms with E-state index in [2.05, 4.69) is 85.2 Å². The van der Waals surface area contributed by atoms with Gasteiger partial charge in [-0.15, -0.1) is 0 Å². The Morgan fingerprint density at radius 1 is 0.596 bits per heavy atom. The Morgan fingerprint density at radius 2 is 1.10 bits per heavy atom. The van der Waals surface area contributed by atoms with Crippen molar-refractivity contribution in [3.05, 3.63) is 60.8 Å². The second-order valence-corrected chi connectivity index (χ2v) is 13.3. The highest BCUT2D eigenvalue weighted by Gasteiger charge is 2.19. The highest BCUT2D eigenvalue weighted by molar-refractivity contribution is 5.87.